The van der Waals surface area contributed by atoms with Crippen LogP contribution in [0.4, 0.5) is 0 Å². The first-order chi connectivity index (χ1) is 10.7. The van der Waals surface area contributed by atoms with Crippen molar-refractivity contribution in [1.82, 2.24) is 14.8 Å². The van der Waals surface area contributed by atoms with Crippen molar-refractivity contribution in [2.75, 3.05) is 0 Å². The van der Waals surface area contributed by atoms with Gasteiger partial charge >= 0.3 is 0 Å². The lowest BCUT2D eigenvalue weighted by Gasteiger charge is -2.15. The third-order valence-electron chi connectivity index (χ3n) is 3.70. The molecule has 0 saturated carbocycles. The zero-order valence-electron chi connectivity index (χ0n) is 11.5. The van der Waals surface area contributed by atoms with E-state index in [4.69, 9.17) is 17.0 Å². The Morgan fingerprint density at radius 3 is 3.09 bits per heavy atom. The molecule has 7 heteroatoms. The lowest BCUT2D eigenvalue weighted by molar-refractivity contribution is 0.675. The molecule has 4 rings (SSSR count). The van der Waals surface area contributed by atoms with E-state index < -0.39 is 0 Å². The Hall–Kier alpha value is -2.05. The van der Waals surface area contributed by atoms with Crippen LogP contribution >= 0.6 is 22.9 Å². The van der Waals surface area contributed by atoms with E-state index in [1.54, 1.807) is 23.5 Å². The molecule has 5 nitrogen and oxygen atoms in total. The number of hydrogen-bond donors (Lipinski definition) is 1. The van der Waals surface area contributed by atoms with E-state index in [9.17, 15) is 0 Å². The van der Waals surface area contributed by atoms with Crippen molar-refractivity contribution >= 4 is 39.4 Å². The summed E-state index contributed by atoms with van der Waals surface area (Å²) < 4.78 is 1.88. The smallest absolute Gasteiger partial charge is 0.124 e. The second kappa shape index (κ2) is 5.30. The zero-order chi connectivity index (χ0) is 15.1. The molecule has 2 aromatic rings. The van der Waals surface area contributed by atoms with Gasteiger partial charge in [-0.15, -0.1) is 11.3 Å². The molecule has 1 aliphatic heterocycles. The first-order valence-electron chi connectivity index (χ1n) is 6.82. The molecular formula is C15H12ClN5S. The predicted octanol–water partition coefficient (Wildman–Crippen LogP) is 3.00. The van der Waals surface area contributed by atoms with Crippen molar-refractivity contribution in [3.05, 3.63) is 52.8 Å². The maximum absolute atomic E-state index is 7.98. The van der Waals surface area contributed by atoms with Crippen LogP contribution in [0.15, 0.2) is 46.5 Å². The molecule has 2 aromatic heterocycles. The second-order valence-electron chi connectivity index (χ2n) is 5.24. The minimum atomic E-state index is -0.200. The van der Waals surface area contributed by atoms with Gasteiger partial charge in [0, 0.05) is 23.1 Å². The normalized spacial score (nSPS) is 23.4. The Bertz CT molecular complexity index is 815. The van der Waals surface area contributed by atoms with Gasteiger partial charge in [-0.25, -0.2) is 4.98 Å². The molecular weight excluding hydrogens is 318 g/mol. The highest BCUT2D eigenvalue weighted by Crippen LogP contribution is 2.42. The fourth-order valence-corrected chi connectivity index (χ4v) is 3.27. The summed E-state index contributed by atoms with van der Waals surface area (Å²) in [6.07, 6.45) is 9.37. The number of dihydropyridines is 1. The highest BCUT2D eigenvalue weighted by Gasteiger charge is 2.37. The minimum Gasteiger partial charge on any atom is -0.303 e. The van der Waals surface area contributed by atoms with Crippen LogP contribution in [0.5, 0.6) is 0 Å². The summed E-state index contributed by atoms with van der Waals surface area (Å²) in [4.78, 5) is 8.61. The quantitative estimate of drug-likeness (QED) is 0.937. The van der Waals surface area contributed by atoms with E-state index in [1.165, 1.54) is 5.57 Å². The van der Waals surface area contributed by atoms with Crippen molar-refractivity contribution in [3.8, 4) is 0 Å². The first-order valence-corrected chi connectivity index (χ1v) is 8.14. The van der Waals surface area contributed by atoms with E-state index in [0.717, 1.165) is 11.3 Å². The van der Waals surface area contributed by atoms with E-state index in [-0.39, 0.29) is 12.0 Å². The fourth-order valence-electron chi connectivity index (χ4n) is 2.55. The molecule has 0 aromatic carbocycles. The van der Waals surface area contributed by atoms with Crippen molar-refractivity contribution in [3.63, 3.8) is 0 Å². The summed E-state index contributed by atoms with van der Waals surface area (Å²) in [7, 11) is 0. The number of halogens is 1. The van der Waals surface area contributed by atoms with Crippen LogP contribution in [0.3, 0.4) is 0 Å². The van der Waals surface area contributed by atoms with Crippen LogP contribution in [0.25, 0.3) is 5.57 Å². The summed E-state index contributed by atoms with van der Waals surface area (Å²) in [5.41, 5.74) is 5.59. The molecule has 0 radical (unpaired) electrons. The van der Waals surface area contributed by atoms with Crippen molar-refractivity contribution in [1.29, 1.82) is 5.41 Å². The van der Waals surface area contributed by atoms with Crippen LogP contribution in [-0.2, 0) is 6.54 Å². The largest absolute Gasteiger partial charge is 0.303 e. The van der Waals surface area contributed by atoms with Gasteiger partial charge in [0.1, 0.15) is 11.2 Å². The molecule has 1 aliphatic carbocycles. The molecule has 2 aliphatic rings. The van der Waals surface area contributed by atoms with Gasteiger partial charge in [-0.3, -0.25) is 9.67 Å². The van der Waals surface area contributed by atoms with Crippen LogP contribution in [0.2, 0.25) is 0 Å². The Morgan fingerprint density at radius 1 is 1.36 bits per heavy atom. The first kappa shape index (κ1) is 13.6. The monoisotopic (exact) mass is 329 g/mol. The van der Waals surface area contributed by atoms with Crippen LogP contribution < -0.4 is 0 Å². The standard InChI is InChI=1S/C15H12ClN5S/c16-14-2-1-13(17)15(20-14)12-3-11(12)9-4-19-21(5-9)6-10-7-22-8-18-10/h1-5,7-8,12,15,17H,6H2. The third-order valence-corrected chi connectivity index (χ3v) is 4.56. The number of allylic oxidation sites excluding steroid dienone is 1. The topological polar surface area (TPSA) is 66.9 Å². The van der Waals surface area contributed by atoms with Crippen LogP contribution in [0.1, 0.15) is 11.3 Å². The van der Waals surface area contributed by atoms with Gasteiger partial charge in [-0.2, -0.15) is 5.10 Å². The fraction of sp³-hybridized carbons (Fsp3) is 0.200. The van der Waals surface area contributed by atoms with Gasteiger partial charge in [0.25, 0.3) is 0 Å². The Labute approximate surface area is 136 Å². The number of rotatable bonds is 4. The van der Waals surface area contributed by atoms with Crippen molar-refractivity contribution in [2.24, 2.45) is 10.9 Å². The van der Waals surface area contributed by atoms with Crippen LogP contribution in [0, 0.1) is 11.3 Å². The summed E-state index contributed by atoms with van der Waals surface area (Å²) in [5.74, 6) is 0.156. The maximum Gasteiger partial charge on any atom is 0.124 e. The molecule has 0 spiro atoms. The molecule has 0 saturated heterocycles. The predicted molar refractivity (Wildman–Crippen MR) is 88.9 cm³/mol. The lowest BCUT2D eigenvalue weighted by atomic mass is 10.0. The van der Waals surface area contributed by atoms with Crippen LogP contribution in [-0.4, -0.2) is 31.7 Å². The molecule has 3 heterocycles. The average molecular weight is 330 g/mol. The van der Waals surface area contributed by atoms with Gasteiger partial charge < -0.3 is 5.41 Å². The Balaban J connectivity index is 1.46. The number of nitrogens with one attached hydrogen (secondary N) is 1. The second-order valence-corrected chi connectivity index (χ2v) is 6.35. The van der Waals surface area contributed by atoms with Gasteiger partial charge in [0.05, 0.1) is 29.7 Å². The molecule has 2 atom stereocenters. The third kappa shape index (κ3) is 2.55. The highest BCUT2D eigenvalue weighted by molar-refractivity contribution is 7.07. The maximum atomic E-state index is 7.98. The van der Waals surface area contributed by atoms with E-state index >= 15 is 0 Å². The average Bonchev–Trinajstić information content (AvgIpc) is 2.91. The number of aromatic nitrogens is 3. The number of nitrogens with zero attached hydrogens (tertiary/aromatic N) is 4. The van der Waals surface area contributed by atoms with E-state index in [1.807, 2.05) is 28.0 Å². The molecule has 110 valence electrons. The van der Waals surface area contributed by atoms with Gasteiger partial charge in [-0.05, 0) is 17.7 Å². The number of thiazole rings is 1. The Morgan fingerprint density at radius 2 is 2.27 bits per heavy atom. The number of aliphatic imine (C=N–C) groups is 1. The Kier molecular flexibility index (Phi) is 3.28. The van der Waals surface area contributed by atoms with Crippen molar-refractivity contribution in [2.45, 2.75) is 12.6 Å². The molecule has 1 N–H and O–H groups in total. The van der Waals surface area contributed by atoms with Gasteiger partial charge in [0.2, 0.25) is 0 Å². The molecule has 0 amide bonds. The molecule has 0 fully saturated rings. The summed E-state index contributed by atoms with van der Waals surface area (Å²) in [5, 5.41) is 14.8. The zero-order valence-corrected chi connectivity index (χ0v) is 13.1. The van der Waals surface area contributed by atoms with Crippen molar-refractivity contribution < 1.29 is 0 Å². The molecule has 22 heavy (non-hydrogen) atoms. The summed E-state index contributed by atoms with van der Waals surface area (Å²) in [6.45, 7) is 0.674. The number of hydrogen-bond acceptors (Lipinski definition) is 5. The SMILES string of the molecule is N=C1C=CC(Cl)=NC1C1C=C1c1cnn(Cc2cscn2)c1. The van der Waals surface area contributed by atoms with Gasteiger partial charge in [-0.1, -0.05) is 17.7 Å². The molecule has 0 bridgehead atoms. The summed E-state index contributed by atoms with van der Waals surface area (Å²) >= 11 is 7.53. The minimum absolute atomic E-state index is 0.156. The summed E-state index contributed by atoms with van der Waals surface area (Å²) in [6, 6.07) is -0.200. The lowest BCUT2D eigenvalue weighted by Crippen LogP contribution is -2.23. The highest BCUT2D eigenvalue weighted by atomic mass is 35.5. The molecule has 2 unspecified atom stereocenters. The van der Waals surface area contributed by atoms with E-state index in [0.29, 0.717) is 17.4 Å². The van der Waals surface area contributed by atoms with Gasteiger partial charge in [0.15, 0.2) is 0 Å². The van der Waals surface area contributed by atoms with E-state index in [2.05, 4.69) is 21.2 Å².